The Kier molecular flexibility index (Phi) is 8.21. The molecular weight excluding hydrogens is 400 g/mol. The highest BCUT2D eigenvalue weighted by Crippen LogP contribution is 2.38. The Bertz CT molecular complexity index is 999. The lowest BCUT2D eigenvalue weighted by Gasteiger charge is -2.30. The van der Waals surface area contributed by atoms with Crippen molar-refractivity contribution in [3.8, 4) is 11.8 Å². The molecule has 32 heavy (non-hydrogen) atoms. The number of carbonyl (C=O) groups excluding carboxylic acids is 2. The van der Waals surface area contributed by atoms with Crippen LogP contribution in [0, 0.1) is 11.3 Å². The van der Waals surface area contributed by atoms with Gasteiger partial charge in [-0.05, 0) is 59.6 Å². The average molecular weight is 435 g/mol. The minimum Gasteiger partial charge on any atom is -0.483 e. The molecule has 0 radical (unpaired) electrons. The first kappa shape index (κ1) is 25.1. The van der Waals surface area contributed by atoms with Crippen LogP contribution in [0.3, 0.4) is 0 Å². The van der Waals surface area contributed by atoms with E-state index in [0.717, 1.165) is 24.2 Å². The van der Waals surface area contributed by atoms with E-state index in [1.54, 1.807) is 24.3 Å². The lowest BCUT2D eigenvalue weighted by atomic mass is 9.76. The van der Waals surface area contributed by atoms with Gasteiger partial charge in [-0.2, -0.15) is 5.26 Å². The number of nitrogens with zero attached hydrogens (tertiary/aromatic N) is 1. The first-order valence-electron chi connectivity index (χ1n) is 11.1. The van der Waals surface area contributed by atoms with E-state index in [-0.39, 0.29) is 35.5 Å². The highest BCUT2D eigenvalue weighted by molar-refractivity contribution is 5.98. The maximum Gasteiger partial charge on any atom is 0.262 e. The van der Waals surface area contributed by atoms with Crippen LogP contribution in [-0.4, -0.2) is 18.3 Å². The normalized spacial score (nSPS) is 11.5. The van der Waals surface area contributed by atoms with Crippen molar-refractivity contribution in [1.82, 2.24) is 0 Å². The van der Waals surface area contributed by atoms with Gasteiger partial charge in [0.25, 0.3) is 5.91 Å². The summed E-state index contributed by atoms with van der Waals surface area (Å²) in [6.07, 6.45) is 1.81. The molecule has 0 unspecified atom stereocenters. The van der Waals surface area contributed by atoms with Gasteiger partial charge < -0.3 is 10.1 Å². The fourth-order valence-corrected chi connectivity index (χ4v) is 3.25. The second kappa shape index (κ2) is 10.5. The van der Waals surface area contributed by atoms with Crippen LogP contribution < -0.4 is 10.1 Å². The molecule has 5 heteroatoms. The highest BCUT2D eigenvalue weighted by atomic mass is 16.5. The van der Waals surface area contributed by atoms with E-state index in [4.69, 9.17) is 10.00 Å². The number of nitrogens with one attached hydrogen (secondary N) is 1. The quantitative estimate of drug-likeness (QED) is 0.453. The second-order valence-electron chi connectivity index (χ2n) is 9.36. The topological polar surface area (TPSA) is 79.2 Å². The summed E-state index contributed by atoms with van der Waals surface area (Å²) in [5.41, 5.74) is 3.36. The maximum atomic E-state index is 12.5. The second-order valence-corrected chi connectivity index (χ2v) is 9.36. The number of amides is 1. The van der Waals surface area contributed by atoms with Gasteiger partial charge in [-0.25, -0.2) is 0 Å². The summed E-state index contributed by atoms with van der Waals surface area (Å²) in [6, 6.07) is 14.6. The van der Waals surface area contributed by atoms with Crippen LogP contribution in [0.15, 0.2) is 42.5 Å². The number of hydrogen-bond acceptors (Lipinski definition) is 4. The molecule has 0 bridgehead atoms. The number of nitriles is 1. The van der Waals surface area contributed by atoms with E-state index in [9.17, 15) is 9.59 Å². The first-order chi connectivity index (χ1) is 15.0. The molecule has 0 aromatic heterocycles. The van der Waals surface area contributed by atoms with Gasteiger partial charge in [0.1, 0.15) is 5.75 Å². The Balaban J connectivity index is 2.13. The monoisotopic (exact) mass is 434 g/mol. The molecule has 0 spiro atoms. The third kappa shape index (κ3) is 6.20. The van der Waals surface area contributed by atoms with Crippen LogP contribution in [0.1, 0.15) is 82.3 Å². The van der Waals surface area contributed by atoms with E-state index in [1.165, 1.54) is 5.56 Å². The van der Waals surface area contributed by atoms with Gasteiger partial charge in [0.15, 0.2) is 12.4 Å². The fraction of sp³-hybridized carbons (Fsp3) is 0.444. The third-order valence-electron chi connectivity index (χ3n) is 6.35. The maximum absolute atomic E-state index is 12.5. The summed E-state index contributed by atoms with van der Waals surface area (Å²) >= 11 is 0. The van der Waals surface area contributed by atoms with Crippen molar-refractivity contribution >= 4 is 17.4 Å². The molecular formula is C27H34N2O3. The van der Waals surface area contributed by atoms with Crippen LogP contribution in [0.4, 0.5) is 5.69 Å². The molecule has 5 nitrogen and oxygen atoms in total. The number of benzene rings is 2. The molecule has 2 aromatic carbocycles. The summed E-state index contributed by atoms with van der Waals surface area (Å²) in [7, 11) is 0. The van der Waals surface area contributed by atoms with Crippen LogP contribution in [0.25, 0.3) is 0 Å². The smallest absolute Gasteiger partial charge is 0.262 e. The molecule has 1 N–H and O–H groups in total. The zero-order chi connectivity index (χ0) is 23.9. The standard InChI is InChI=1S/C27H34N2O3/c1-7-26(3,4)20-11-14-24(22(17-20)27(5,6)8-2)32-18-25(31)29-21-12-9-19(10-13-21)23(30)15-16-28/h9-14,17H,7-8,15,18H2,1-6H3,(H,29,31). The molecule has 0 fully saturated rings. The highest BCUT2D eigenvalue weighted by Gasteiger charge is 2.26. The Labute approximate surface area is 191 Å². The molecule has 2 aromatic rings. The predicted octanol–water partition coefficient (Wildman–Crippen LogP) is 6.18. The Morgan fingerprint density at radius 2 is 1.59 bits per heavy atom. The Hall–Kier alpha value is -3.13. The molecule has 1 amide bonds. The molecule has 0 heterocycles. The van der Waals surface area contributed by atoms with E-state index < -0.39 is 0 Å². The molecule has 0 saturated carbocycles. The van der Waals surface area contributed by atoms with Crippen molar-refractivity contribution in [3.05, 3.63) is 59.2 Å². The van der Waals surface area contributed by atoms with E-state index in [2.05, 4.69) is 59.0 Å². The van der Waals surface area contributed by atoms with Crippen molar-refractivity contribution in [2.24, 2.45) is 0 Å². The van der Waals surface area contributed by atoms with Gasteiger partial charge >= 0.3 is 0 Å². The fourth-order valence-electron chi connectivity index (χ4n) is 3.25. The zero-order valence-corrected chi connectivity index (χ0v) is 20.0. The summed E-state index contributed by atoms with van der Waals surface area (Å²) in [6.45, 7) is 13.1. The molecule has 0 aliphatic carbocycles. The Morgan fingerprint density at radius 1 is 0.969 bits per heavy atom. The van der Waals surface area contributed by atoms with Crippen molar-refractivity contribution in [3.63, 3.8) is 0 Å². The van der Waals surface area contributed by atoms with Crippen molar-refractivity contribution in [2.75, 3.05) is 11.9 Å². The Morgan fingerprint density at radius 3 is 2.16 bits per heavy atom. The van der Waals surface area contributed by atoms with Gasteiger partial charge in [-0.15, -0.1) is 0 Å². The lowest BCUT2D eigenvalue weighted by Crippen LogP contribution is -2.24. The molecule has 170 valence electrons. The van der Waals surface area contributed by atoms with Crippen LogP contribution in [0.2, 0.25) is 0 Å². The number of ether oxygens (including phenoxy) is 1. The SMILES string of the molecule is CCC(C)(C)c1ccc(OCC(=O)Nc2ccc(C(=O)CC#N)cc2)c(C(C)(C)CC)c1. The van der Waals surface area contributed by atoms with Crippen molar-refractivity contribution < 1.29 is 14.3 Å². The number of ketones is 1. The molecule has 0 aliphatic rings. The molecule has 2 rings (SSSR count). The summed E-state index contributed by atoms with van der Waals surface area (Å²) in [4.78, 5) is 24.2. The van der Waals surface area contributed by atoms with Gasteiger partial charge in [0, 0.05) is 16.8 Å². The number of rotatable bonds is 10. The van der Waals surface area contributed by atoms with E-state index >= 15 is 0 Å². The van der Waals surface area contributed by atoms with Crippen LogP contribution in [-0.2, 0) is 15.6 Å². The van der Waals surface area contributed by atoms with Gasteiger partial charge in [0.05, 0.1) is 12.5 Å². The number of anilines is 1. The predicted molar refractivity (Wildman–Crippen MR) is 128 cm³/mol. The summed E-state index contributed by atoms with van der Waals surface area (Å²) < 4.78 is 5.95. The minimum absolute atomic E-state index is 0.0647. The van der Waals surface area contributed by atoms with Gasteiger partial charge in [-0.3, -0.25) is 9.59 Å². The summed E-state index contributed by atoms with van der Waals surface area (Å²) in [5.74, 6) is 0.203. The zero-order valence-electron chi connectivity index (χ0n) is 20.0. The third-order valence-corrected chi connectivity index (χ3v) is 6.35. The number of hydrogen-bond donors (Lipinski definition) is 1. The van der Waals surface area contributed by atoms with Crippen molar-refractivity contribution in [1.29, 1.82) is 5.26 Å². The molecule has 0 atom stereocenters. The van der Waals surface area contributed by atoms with Crippen LogP contribution in [0.5, 0.6) is 5.75 Å². The van der Waals surface area contributed by atoms with Gasteiger partial charge in [0.2, 0.25) is 0 Å². The number of Topliss-reactive ketones (excluding diaryl/α,β-unsaturated/α-hetero) is 1. The van der Waals surface area contributed by atoms with E-state index in [1.807, 2.05) is 12.1 Å². The summed E-state index contributed by atoms with van der Waals surface area (Å²) in [5, 5.41) is 11.4. The molecule has 0 saturated heterocycles. The number of carbonyl (C=O) groups is 2. The molecule has 0 aliphatic heterocycles. The average Bonchev–Trinajstić information content (AvgIpc) is 2.78. The largest absolute Gasteiger partial charge is 0.483 e. The van der Waals surface area contributed by atoms with Gasteiger partial charge in [-0.1, -0.05) is 53.7 Å². The lowest BCUT2D eigenvalue weighted by molar-refractivity contribution is -0.118. The minimum atomic E-state index is -0.278. The van der Waals surface area contributed by atoms with Crippen molar-refractivity contribution in [2.45, 2.75) is 71.6 Å². The van der Waals surface area contributed by atoms with Crippen LogP contribution >= 0.6 is 0 Å². The first-order valence-corrected chi connectivity index (χ1v) is 11.1. The van der Waals surface area contributed by atoms with E-state index in [0.29, 0.717) is 11.3 Å².